The maximum atomic E-state index is 12.0. The van der Waals surface area contributed by atoms with Crippen LogP contribution in [0.4, 0.5) is 11.5 Å². The first-order valence-electron chi connectivity index (χ1n) is 15.3. The summed E-state index contributed by atoms with van der Waals surface area (Å²) in [6.07, 6.45) is 7.06. The van der Waals surface area contributed by atoms with Crippen molar-refractivity contribution in [2.24, 2.45) is 5.92 Å². The number of benzene rings is 2. The zero-order valence-corrected chi connectivity index (χ0v) is 25.2. The number of anilines is 2. The molecule has 3 fully saturated rings. The maximum Gasteiger partial charge on any atom is 0.318 e. The molecule has 0 unspecified atom stereocenters. The summed E-state index contributed by atoms with van der Waals surface area (Å²) in [5.74, 6) is 1.35. The van der Waals surface area contributed by atoms with Crippen molar-refractivity contribution in [2.75, 3.05) is 62.7 Å². The average Bonchev–Trinajstić information content (AvgIpc) is 3.57. The van der Waals surface area contributed by atoms with Gasteiger partial charge in [0.25, 0.3) is 0 Å². The van der Waals surface area contributed by atoms with Gasteiger partial charge >= 0.3 is 6.01 Å². The minimum absolute atomic E-state index is 0.00452. The Morgan fingerprint density at radius 1 is 1.14 bits per heavy atom. The molecule has 1 aromatic heterocycles. The lowest BCUT2D eigenvalue weighted by atomic mass is 9.95. The molecule has 0 saturated carbocycles. The van der Waals surface area contributed by atoms with Gasteiger partial charge in [-0.3, -0.25) is 9.69 Å². The summed E-state index contributed by atoms with van der Waals surface area (Å²) in [6, 6.07) is 12.9. The van der Waals surface area contributed by atoms with Gasteiger partial charge in [-0.25, -0.2) is 0 Å². The van der Waals surface area contributed by atoms with E-state index in [2.05, 4.69) is 52.6 Å². The van der Waals surface area contributed by atoms with E-state index in [-0.39, 0.29) is 11.4 Å². The van der Waals surface area contributed by atoms with Crippen LogP contribution in [0, 0.1) is 5.92 Å². The van der Waals surface area contributed by atoms with Gasteiger partial charge in [-0.05, 0) is 68.8 Å². The number of fused-ring (bicyclic) bond motifs is 3. The van der Waals surface area contributed by atoms with Gasteiger partial charge < -0.3 is 19.4 Å². The minimum atomic E-state index is 0.00452. The topological polar surface area (TPSA) is 65.0 Å². The van der Waals surface area contributed by atoms with Crippen molar-refractivity contribution in [3.8, 4) is 6.01 Å². The van der Waals surface area contributed by atoms with Crippen LogP contribution in [-0.2, 0) is 17.8 Å². The molecule has 0 aliphatic carbocycles. The fourth-order valence-corrected chi connectivity index (χ4v) is 7.92. The summed E-state index contributed by atoms with van der Waals surface area (Å²) >= 11 is 6.71. The summed E-state index contributed by atoms with van der Waals surface area (Å²) in [6.45, 7) is 10.4. The molecule has 42 heavy (non-hydrogen) atoms. The highest BCUT2D eigenvalue weighted by atomic mass is 35.5. The third kappa shape index (κ3) is 4.88. The third-order valence-electron chi connectivity index (χ3n) is 9.81. The summed E-state index contributed by atoms with van der Waals surface area (Å²) in [7, 11) is 2.11. The fraction of sp³-hybridized carbons (Fsp3) is 0.485. The molecule has 220 valence electrons. The van der Waals surface area contributed by atoms with Crippen molar-refractivity contribution in [1.82, 2.24) is 19.8 Å². The molecule has 8 nitrogen and oxygen atoms in total. The highest BCUT2D eigenvalue weighted by molar-refractivity contribution is 6.36. The number of rotatable bonds is 8. The van der Waals surface area contributed by atoms with Gasteiger partial charge in [0.2, 0.25) is 5.91 Å². The minimum Gasteiger partial charge on any atom is -0.461 e. The zero-order valence-electron chi connectivity index (χ0n) is 24.4. The van der Waals surface area contributed by atoms with Crippen molar-refractivity contribution >= 4 is 39.8 Å². The first kappa shape index (κ1) is 27.5. The van der Waals surface area contributed by atoms with Gasteiger partial charge in [0.15, 0.2) is 0 Å². The predicted octanol–water partition coefficient (Wildman–Crippen LogP) is 4.93. The number of likely N-dealkylation sites (tertiary alicyclic amines) is 1. The number of carbonyl (C=O) groups excluding carboxylic acids is 1. The number of halogens is 1. The molecule has 2 aromatic carbocycles. The van der Waals surface area contributed by atoms with E-state index in [0.717, 1.165) is 78.7 Å². The number of aromatic nitrogens is 2. The molecule has 0 N–H and O–H groups in total. The fourth-order valence-electron chi connectivity index (χ4n) is 7.64. The smallest absolute Gasteiger partial charge is 0.318 e. The number of ether oxygens (including phenoxy) is 1. The number of nitrogens with zero attached hydrogens (tertiary/aromatic N) is 6. The van der Waals surface area contributed by atoms with Crippen LogP contribution in [-0.4, -0.2) is 84.1 Å². The van der Waals surface area contributed by atoms with Gasteiger partial charge in [-0.2, -0.15) is 9.97 Å². The molecule has 4 aliphatic rings. The molecule has 3 aromatic rings. The summed E-state index contributed by atoms with van der Waals surface area (Å²) in [5.41, 5.74) is 3.46. The van der Waals surface area contributed by atoms with Crippen molar-refractivity contribution in [3.63, 3.8) is 0 Å². The van der Waals surface area contributed by atoms with E-state index in [1.165, 1.54) is 37.3 Å². The van der Waals surface area contributed by atoms with E-state index < -0.39 is 0 Å². The lowest BCUT2D eigenvalue weighted by Crippen LogP contribution is -2.53. The normalized spacial score (nSPS) is 19.9. The van der Waals surface area contributed by atoms with Gasteiger partial charge in [0.1, 0.15) is 12.4 Å². The number of hydrogen-bond acceptors (Lipinski definition) is 7. The van der Waals surface area contributed by atoms with E-state index in [0.29, 0.717) is 25.1 Å². The van der Waals surface area contributed by atoms with Crippen LogP contribution in [0.25, 0.3) is 10.8 Å². The maximum absolute atomic E-state index is 12.0. The molecule has 9 heteroatoms. The van der Waals surface area contributed by atoms with Crippen LogP contribution in [0.3, 0.4) is 0 Å². The van der Waals surface area contributed by atoms with Crippen molar-refractivity contribution in [2.45, 2.75) is 44.2 Å². The first-order chi connectivity index (χ1) is 20.4. The average molecular weight is 587 g/mol. The van der Waals surface area contributed by atoms with Crippen LogP contribution in [0.15, 0.2) is 49.1 Å². The summed E-state index contributed by atoms with van der Waals surface area (Å²) < 4.78 is 6.50. The number of hydrogen-bond donors (Lipinski definition) is 0. The Hall–Kier alpha value is -3.36. The van der Waals surface area contributed by atoms with E-state index in [4.69, 9.17) is 26.3 Å². The molecular formula is C33H39ClN6O2. The Balaban J connectivity index is 1.18. The standard InChI is InChI=1S/C33H39ClN6O2/c1-3-29(41)39-19-23(20-39)18-37(2)31-25-12-17-38(28-11-5-9-24-8-4-10-26(34)30(24)28)21-27(25)35-32(36-31)42-22-33-13-6-15-40(33)16-7-14-33/h3-5,8-11,23H,1,6-7,12-22H2,2H3. The van der Waals surface area contributed by atoms with Crippen molar-refractivity contribution in [3.05, 3.63) is 65.3 Å². The van der Waals surface area contributed by atoms with E-state index in [9.17, 15) is 4.79 Å². The van der Waals surface area contributed by atoms with Gasteiger partial charge in [0.05, 0.1) is 22.8 Å². The summed E-state index contributed by atoms with van der Waals surface area (Å²) in [5, 5.41) is 2.99. The van der Waals surface area contributed by atoms with Crippen LogP contribution >= 0.6 is 11.6 Å². The van der Waals surface area contributed by atoms with Crippen LogP contribution in [0.5, 0.6) is 6.01 Å². The van der Waals surface area contributed by atoms with Crippen LogP contribution in [0.1, 0.15) is 36.9 Å². The van der Waals surface area contributed by atoms with E-state index >= 15 is 0 Å². The summed E-state index contributed by atoms with van der Waals surface area (Å²) in [4.78, 5) is 31.2. The number of carbonyl (C=O) groups is 1. The highest BCUT2D eigenvalue weighted by Gasteiger charge is 2.45. The Kier molecular flexibility index (Phi) is 7.22. The second-order valence-corrected chi connectivity index (χ2v) is 12.8. The van der Waals surface area contributed by atoms with Crippen LogP contribution < -0.4 is 14.5 Å². The largest absolute Gasteiger partial charge is 0.461 e. The lowest BCUT2D eigenvalue weighted by molar-refractivity contribution is -0.131. The Morgan fingerprint density at radius 2 is 1.90 bits per heavy atom. The SMILES string of the molecule is C=CC(=O)N1CC(CN(C)c2nc(OCC34CCCN3CCC4)nc3c2CCN(c2cccc4cccc(Cl)c24)C3)C1. The lowest BCUT2D eigenvalue weighted by Gasteiger charge is -2.41. The molecule has 5 heterocycles. The third-order valence-corrected chi connectivity index (χ3v) is 10.1. The zero-order chi connectivity index (χ0) is 28.8. The Labute approximate surface area is 252 Å². The van der Waals surface area contributed by atoms with Gasteiger partial charge in [0, 0.05) is 55.8 Å². The Bertz CT molecular complexity index is 1510. The highest BCUT2D eigenvalue weighted by Crippen LogP contribution is 2.40. The predicted molar refractivity (Wildman–Crippen MR) is 168 cm³/mol. The molecule has 0 spiro atoms. The quantitative estimate of drug-likeness (QED) is 0.347. The second kappa shape index (κ2) is 11.0. The van der Waals surface area contributed by atoms with Crippen molar-refractivity contribution in [1.29, 1.82) is 0 Å². The monoisotopic (exact) mass is 586 g/mol. The number of amides is 1. The van der Waals surface area contributed by atoms with Gasteiger partial charge in [-0.1, -0.05) is 42.4 Å². The van der Waals surface area contributed by atoms with E-state index in [1.807, 2.05) is 17.0 Å². The van der Waals surface area contributed by atoms with Gasteiger partial charge in [-0.15, -0.1) is 0 Å². The molecule has 0 radical (unpaired) electrons. The molecule has 4 aliphatic heterocycles. The van der Waals surface area contributed by atoms with Crippen LogP contribution in [0.2, 0.25) is 5.02 Å². The molecule has 7 rings (SSSR count). The first-order valence-corrected chi connectivity index (χ1v) is 15.6. The molecular weight excluding hydrogens is 548 g/mol. The molecule has 3 saturated heterocycles. The van der Waals surface area contributed by atoms with E-state index in [1.54, 1.807) is 0 Å². The van der Waals surface area contributed by atoms with Crippen molar-refractivity contribution < 1.29 is 9.53 Å². The molecule has 0 bridgehead atoms. The molecule has 0 atom stereocenters. The Morgan fingerprint density at radius 3 is 2.67 bits per heavy atom. The molecule has 1 amide bonds. The second-order valence-electron chi connectivity index (χ2n) is 12.4.